The van der Waals surface area contributed by atoms with Crippen molar-refractivity contribution >= 4 is 102 Å². The number of carbonyl (C=O) groups excluding carboxylic acids is 6. The van der Waals surface area contributed by atoms with Crippen LogP contribution in [0.5, 0.6) is 23.0 Å². The molecule has 17 nitrogen and oxygen atoms in total. The zero-order valence-corrected chi connectivity index (χ0v) is 68.7. The minimum atomic E-state index is -0.566. The fourth-order valence-corrected chi connectivity index (χ4v) is 12.2. The van der Waals surface area contributed by atoms with Crippen molar-refractivity contribution in [2.45, 2.75) is 109 Å². The van der Waals surface area contributed by atoms with Crippen molar-refractivity contribution < 1.29 is 68.8 Å². The molecular formula is C88H92Br4N3O14P. The number of benzene rings is 10. The highest BCUT2D eigenvalue weighted by Crippen LogP contribution is 2.59. The average Bonchev–Trinajstić information content (AvgIpc) is 1.70. The Morgan fingerprint density at radius 3 is 0.964 bits per heavy atom. The lowest BCUT2D eigenvalue weighted by Gasteiger charge is -2.23. The monoisotopic (exact) mass is 1760 g/mol. The van der Waals surface area contributed by atoms with Crippen molar-refractivity contribution in [3.8, 4) is 23.0 Å². The van der Waals surface area contributed by atoms with Gasteiger partial charge in [0.25, 0.3) is 0 Å². The normalized spacial score (nSPS) is 15.1. The van der Waals surface area contributed by atoms with E-state index in [9.17, 15) is 33.9 Å². The van der Waals surface area contributed by atoms with E-state index in [1.807, 2.05) is 237 Å². The van der Waals surface area contributed by atoms with Gasteiger partial charge in [-0.1, -0.05) is 267 Å². The first-order valence-electron chi connectivity index (χ1n) is 36.0. The van der Waals surface area contributed by atoms with E-state index in [1.54, 1.807) is 38.1 Å². The molecule has 576 valence electrons. The number of carbonyl (C=O) groups is 6. The SMILES string of the molecule is BrCc1ccc(OCc2ccccc2)cc1.BrP(Br)Br.CCC(=O)N1C(=O)OC[C@H]1Cc1ccccc1.C[C@H](Cc1ccc(O)cc1)C(=O)N1C(=O)OC[C@H]1Cc1ccccc1.C[C@H](Cc1ccc(OCc2ccccc2)cc1)C(=O)N1C(=O)OC[C@H]1Cc1ccccc1.OCc1ccc(OCc2ccccc2)cc1.[HH]. The van der Waals surface area contributed by atoms with Crippen LogP contribution >= 0.6 is 66.4 Å². The van der Waals surface area contributed by atoms with Crippen molar-refractivity contribution in [3.05, 3.63) is 335 Å². The van der Waals surface area contributed by atoms with E-state index in [1.165, 1.54) is 25.8 Å². The summed E-state index contributed by atoms with van der Waals surface area (Å²) in [4.78, 5) is 77.1. The number of aliphatic hydroxyl groups excluding tert-OH is 1. The number of nitrogens with zero attached hydrogens (tertiary/aromatic N) is 3. The molecule has 0 aliphatic carbocycles. The Bertz CT molecular complexity index is 4300. The summed E-state index contributed by atoms with van der Waals surface area (Å²) in [7, 11) is 0. The maximum Gasteiger partial charge on any atom is 0.416 e. The van der Waals surface area contributed by atoms with Crippen LogP contribution in [0, 0.1) is 11.8 Å². The lowest BCUT2D eigenvalue weighted by molar-refractivity contribution is -0.133. The Kier molecular flexibility index (Phi) is 36.7. The molecule has 0 bridgehead atoms. The van der Waals surface area contributed by atoms with Gasteiger partial charge in [0.2, 0.25) is 17.7 Å². The van der Waals surface area contributed by atoms with E-state index in [-0.39, 0.29) is 78.7 Å². The predicted octanol–water partition coefficient (Wildman–Crippen LogP) is 20.7. The van der Waals surface area contributed by atoms with Crippen LogP contribution in [0.25, 0.3) is 0 Å². The van der Waals surface area contributed by atoms with Gasteiger partial charge in [-0.15, -0.1) is 0 Å². The highest BCUT2D eigenvalue weighted by atomic mass is 80.0. The van der Waals surface area contributed by atoms with E-state index in [4.69, 9.17) is 33.5 Å². The van der Waals surface area contributed by atoms with Crippen LogP contribution in [0.2, 0.25) is 0 Å². The standard InChI is InChI=1S/C27H27NO4.C20H21NO4.C14H13BrO.C14H14O2.C13H15NO3.Br3P.H2/c1-20(16-22-12-14-25(15-13-22)31-18-23-10-6-3-7-11-23)26(29)28-24(19-32-27(28)30)17-21-8-4-2-5-9-21;1-14(11-16-7-9-18(22)10-8-16)19(23)21-17(13-25-20(21)24)12-15-5-3-2-4-6-15;2*15-10-12-6-8-14(9-7-12)16-11-13-4-2-1-3-5-13;1-2-12(15)14-11(9-17-13(14)16)8-10-6-4-3-5-7-10;1-4(2)3;/h2-15,20,24H,16-19H2,1H3;2-10,14,17,22H,11-13H2,1H3;1-9H,10-11H2;1-9,15H,10-11H2;3-7,11H,2,8-9H2,1H3;;1H/t20-,24-;14-,17-;;;11-;;/m11..1../s1. The van der Waals surface area contributed by atoms with Gasteiger partial charge in [-0.05, 0) is 183 Å². The number of amides is 6. The highest BCUT2D eigenvalue weighted by molar-refractivity contribution is 9.93. The third-order valence-electron chi connectivity index (χ3n) is 17.6. The number of rotatable bonds is 24. The molecule has 3 saturated heterocycles. The van der Waals surface area contributed by atoms with Crippen LogP contribution in [0.15, 0.2) is 279 Å². The summed E-state index contributed by atoms with van der Waals surface area (Å²) < 4.78 is 32.2. The molecule has 110 heavy (non-hydrogen) atoms. The van der Waals surface area contributed by atoms with Crippen LogP contribution in [0.3, 0.4) is 0 Å². The van der Waals surface area contributed by atoms with E-state index in [0.29, 0.717) is 65.0 Å². The molecule has 22 heteroatoms. The number of phenols is 1. The molecule has 10 aromatic carbocycles. The number of cyclic esters (lactones) is 3. The summed E-state index contributed by atoms with van der Waals surface area (Å²) in [5, 5.41) is 19.1. The van der Waals surface area contributed by atoms with Crippen molar-refractivity contribution in [2.24, 2.45) is 11.8 Å². The van der Waals surface area contributed by atoms with Crippen molar-refractivity contribution in [2.75, 3.05) is 19.8 Å². The molecule has 3 heterocycles. The molecule has 3 aliphatic heterocycles. The summed E-state index contributed by atoms with van der Waals surface area (Å²) >= 11 is 12.9. The minimum Gasteiger partial charge on any atom is -0.508 e. The van der Waals surface area contributed by atoms with Gasteiger partial charge in [-0.3, -0.25) is 14.4 Å². The first-order valence-corrected chi connectivity index (χ1v) is 44.5. The summed E-state index contributed by atoms with van der Waals surface area (Å²) in [5.41, 5.74) is 10.8. The molecular weight excluding hydrogens is 1670 g/mol. The molecule has 0 radical (unpaired) electrons. The Morgan fingerprint density at radius 2 is 0.673 bits per heavy atom. The molecule has 6 amide bonds. The molecule has 0 unspecified atom stereocenters. The second-order valence-corrected chi connectivity index (χ2v) is 41.8. The molecule has 3 aliphatic rings. The van der Waals surface area contributed by atoms with E-state index in [2.05, 4.69) is 86.7 Å². The molecule has 0 saturated carbocycles. The number of aromatic hydroxyl groups is 1. The average molecular weight is 1770 g/mol. The van der Waals surface area contributed by atoms with Crippen LogP contribution < -0.4 is 14.2 Å². The zero-order chi connectivity index (χ0) is 78.4. The summed E-state index contributed by atoms with van der Waals surface area (Å²) in [6.07, 6.45) is 1.57. The summed E-state index contributed by atoms with van der Waals surface area (Å²) in [6, 6.07) is 89.0. The topological polar surface area (TPSA) is 208 Å². The number of hydrogen-bond acceptors (Lipinski definition) is 14. The molecule has 3 fully saturated rings. The van der Waals surface area contributed by atoms with Gasteiger partial charge in [0.15, 0.2) is 0 Å². The van der Waals surface area contributed by atoms with E-state index in [0.717, 1.165) is 67.1 Å². The predicted molar refractivity (Wildman–Crippen MR) is 447 cm³/mol. The van der Waals surface area contributed by atoms with Gasteiger partial charge >= 0.3 is 18.3 Å². The summed E-state index contributed by atoms with van der Waals surface area (Å²) in [5.74, 6) is 1.41. The van der Waals surface area contributed by atoms with Gasteiger partial charge in [-0.25, -0.2) is 29.1 Å². The minimum absolute atomic E-state index is 0. The first kappa shape index (κ1) is 86.1. The quantitative estimate of drug-likeness (QED) is 0.0328. The van der Waals surface area contributed by atoms with Gasteiger partial charge in [0, 0.05) is 25.0 Å². The number of halogens is 4. The number of alkyl halides is 1. The third kappa shape index (κ3) is 29.4. The van der Waals surface area contributed by atoms with Crippen LogP contribution in [0.1, 0.15) is 84.3 Å². The fourth-order valence-electron chi connectivity index (χ4n) is 11.8. The lowest BCUT2D eigenvalue weighted by Crippen LogP contribution is -2.43. The van der Waals surface area contributed by atoms with Gasteiger partial charge < -0.3 is 38.6 Å². The maximum atomic E-state index is 13.1. The highest BCUT2D eigenvalue weighted by Gasteiger charge is 2.41. The lowest BCUT2D eigenvalue weighted by atomic mass is 9.98. The first-order chi connectivity index (χ1) is 53.4. The second kappa shape index (κ2) is 46.9. The van der Waals surface area contributed by atoms with Gasteiger partial charge in [-0.2, -0.15) is 0 Å². The Balaban J connectivity index is 0.000000195. The van der Waals surface area contributed by atoms with Crippen molar-refractivity contribution in [3.63, 3.8) is 0 Å². The zero-order valence-electron chi connectivity index (χ0n) is 61.4. The van der Waals surface area contributed by atoms with E-state index >= 15 is 0 Å². The van der Waals surface area contributed by atoms with Crippen molar-refractivity contribution in [1.29, 1.82) is 0 Å². The van der Waals surface area contributed by atoms with Gasteiger partial charge in [0.05, 0.1) is 24.7 Å². The second-order valence-electron chi connectivity index (χ2n) is 25.9. The number of ether oxygens (including phenoxy) is 6. The molecule has 10 aromatic rings. The van der Waals surface area contributed by atoms with Crippen LogP contribution in [0.4, 0.5) is 14.4 Å². The van der Waals surface area contributed by atoms with Crippen LogP contribution in [-0.2, 0) is 92.5 Å². The Morgan fingerprint density at radius 1 is 0.409 bits per heavy atom. The molecule has 2 N–H and O–H groups in total. The van der Waals surface area contributed by atoms with Crippen LogP contribution in [-0.4, -0.2) is 98.9 Å². The number of aliphatic hydroxyl groups is 1. The molecule has 0 aromatic heterocycles. The maximum absolute atomic E-state index is 13.1. The molecule has 0 spiro atoms. The third-order valence-corrected chi connectivity index (χ3v) is 18.2. The Hall–Kier alpha value is -9.47. The molecule has 5 atom stereocenters. The van der Waals surface area contributed by atoms with Crippen molar-refractivity contribution in [1.82, 2.24) is 14.7 Å². The number of imide groups is 3. The van der Waals surface area contributed by atoms with Gasteiger partial charge in [0.1, 0.15) is 66.7 Å². The smallest absolute Gasteiger partial charge is 0.416 e. The number of hydrogen-bond donors (Lipinski definition) is 2. The largest absolute Gasteiger partial charge is 0.508 e. The Labute approximate surface area is 679 Å². The number of phenolic OH excluding ortho intramolecular Hbond substituents is 1. The fraction of sp³-hybridized carbons (Fsp3) is 0.250. The summed E-state index contributed by atoms with van der Waals surface area (Å²) in [6.45, 7) is 7.92. The molecule has 13 rings (SSSR count). The van der Waals surface area contributed by atoms with E-state index < -0.39 is 18.3 Å².